The van der Waals surface area contributed by atoms with E-state index >= 15 is 0 Å². The minimum absolute atomic E-state index is 0.00608. The Morgan fingerprint density at radius 3 is 2.16 bits per heavy atom. The second kappa shape index (κ2) is 11.3. The van der Waals surface area contributed by atoms with Crippen LogP contribution in [0, 0.1) is 0 Å². The third-order valence-corrected chi connectivity index (χ3v) is 7.72. The van der Waals surface area contributed by atoms with E-state index in [4.69, 9.17) is 11.6 Å². The number of likely N-dealkylation sites (tertiary alicyclic amines) is 1. The summed E-state index contributed by atoms with van der Waals surface area (Å²) in [5.41, 5.74) is 1.88. The number of para-hydroxylation sites is 1. The summed E-state index contributed by atoms with van der Waals surface area (Å²) in [5.74, 6) is -0.296. The molecule has 5 rings (SSSR count). The Hall–Kier alpha value is -3.84. The standard InChI is InChI=1S/C30H31ClN4O3/c31-25-13-11-24(12-14-25)28(37)33-19-16-30(17-20-33)29(38)34(22-35(30)26-9-5-2-6-10-26)21-27(36)32-18-15-23-7-3-1-4-8-23/h1-14H,15-22H2,(H,32,36). The van der Waals surface area contributed by atoms with Crippen LogP contribution in [0.2, 0.25) is 5.02 Å². The number of nitrogens with one attached hydrogen (secondary N) is 1. The van der Waals surface area contributed by atoms with Crippen LogP contribution in [-0.4, -0.2) is 65.9 Å². The molecule has 2 aliphatic rings. The molecule has 2 heterocycles. The van der Waals surface area contributed by atoms with Crippen molar-refractivity contribution >= 4 is 35.0 Å². The third kappa shape index (κ3) is 5.38. The Morgan fingerprint density at radius 2 is 1.50 bits per heavy atom. The zero-order chi connectivity index (χ0) is 26.5. The molecule has 3 amide bonds. The molecule has 1 spiro atoms. The van der Waals surface area contributed by atoms with Crippen LogP contribution in [0.1, 0.15) is 28.8 Å². The van der Waals surface area contributed by atoms with E-state index in [9.17, 15) is 14.4 Å². The van der Waals surface area contributed by atoms with Crippen molar-refractivity contribution in [1.29, 1.82) is 0 Å². The highest BCUT2D eigenvalue weighted by Gasteiger charge is 2.54. The first kappa shape index (κ1) is 25.8. The maximum Gasteiger partial charge on any atom is 0.253 e. The number of carbonyl (C=O) groups is 3. The first-order valence-corrected chi connectivity index (χ1v) is 13.3. The molecule has 0 aromatic heterocycles. The molecule has 0 radical (unpaired) electrons. The SMILES string of the molecule is O=C(CN1CN(c2ccccc2)C2(CCN(C(=O)c3ccc(Cl)cc3)CC2)C1=O)NCCc1ccccc1. The van der Waals surface area contributed by atoms with Crippen LogP contribution in [0.15, 0.2) is 84.9 Å². The van der Waals surface area contributed by atoms with Crippen molar-refractivity contribution in [3.8, 4) is 0 Å². The van der Waals surface area contributed by atoms with Crippen molar-refractivity contribution < 1.29 is 14.4 Å². The molecule has 0 bridgehead atoms. The predicted molar refractivity (Wildman–Crippen MR) is 148 cm³/mol. The number of benzene rings is 3. The van der Waals surface area contributed by atoms with Crippen molar-refractivity contribution in [3.63, 3.8) is 0 Å². The average molecular weight is 531 g/mol. The van der Waals surface area contributed by atoms with E-state index in [1.165, 1.54) is 0 Å². The summed E-state index contributed by atoms with van der Waals surface area (Å²) < 4.78 is 0. The van der Waals surface area contributed by atoms with Crippen LogP contribution in [0.4, 0.5) is 5.69 Å². The Bertz CT molecular complexity index is 1280. The largest absolute Gasteiger partial charge is 0.354 e. The summed E-state index contributed by atoms with van der Waals surface area (Å²) in [4.78, 5) is 45.3. The van der Waals surface area contributed by atoms with Gasteiger partial charge in [0.2, 0.25) is 5.91 Å². The van der Waals surface area contributed by atoms with Crippen LogP contribution in [0.25, 0.3) is 0 Å². The molecule has 2 saturated heterocycles. The third-order valence-electron chi connectivity index (χ3n) is 7.46. The van der Waals surface area contributed by atoms with Gasteiger partial charge in [0.25, 0.3) is 11.8 Å². The van der Waals surface area contributed by atoms with Crippen molar-refractivity contribution in [2.75, 3.05) is 37.7 Å². The molecule has 38 heavy (non-hydrogen) atoms. The molecule has 0 atom stereocenters. The highest BCUT2D eigenvalue weighted by atomic mass is 35.5. The summed E-state index contributed by atoms with van der Waals surface area (Å²) in [7, 11) is 0. The molecular weight excluding hydrogens is 500 g/mol. The number of hydrogen-bond acceptors (Lipinski definition) is 4. The average Bonchev–Trinajstić information content (AvgIpc) is 3.20. The lowest BCUT2D eigenvalue weighted by Gasteiger charge is -2.43. The molecule has 8 heteroatoms. The van der Waals surface area contributed by atoms with Crippen LogP contribution < -0.4 is 10.2 Å². The Kier molecular flexibility index (Phi) is 7.65. The highest BCUT2D eigenvalue weighted by Crippen LogP contribution is 2.39. The van der Waals surface area contributed by atoms with Crippen molar-refractivity contribution in [2.45, 2.75) is 24.8 Å². The number of rotatable bonds is 7. The van der Waals surface area contributed by atoms with E-state index in [1.54, 1.807) is 34.1 Å². The zero-order valence-electron chi connectivity index (χ0n) is 21.2. The molecule has 3 aromatic carbocycles. The van der Waals surface area contributed by atoms with Crippen LogP contribution in [-0.2, 0) is 16.0 Å². The first-order valence-electron chi connectivity index (χ1n) is 12.9. The number of nitrogens with zero attached hydrogens (tertiary/aromatic N) is 3. The molecule has 1 N–H and O–H groups in total. The van der Waals surface area contributed by atoms with E-state index < -0.39 is 5.54 Å². The van der Waals surface area contributed by atoms with E-state index in [0.29, 0.717) is 49.7 Å². The second-order valence-corrected chi connectivity index (χ2v) is 10.3. The monoisotopic (exact) mass is 530 g/mol. The normalized spacial score (nSPS) is 16.7. The molecule has 196 valence electrons. The second-order valence-electron chi connectivity index (χ2n) is 9.82. The molecule has 0 unspecified atom stereocenters. The van der Waals surface area contributed by atoms with Gasteiger partial charge in [-0.2, -0.15) is 0 Å². The van der Waals surface area contributed by atoms with Crippen molar-refractivity contribution in [2.24, 2.45) is 0 Å². The lowest BCUT2D eigenvalue weighted by atomic mass is 9.85. The number of amides is 3. The van der Waals surface area contributed by atoms with Gasteiger partial charge in [0.1, 0.15) is 12.1 Å². The lowest BCUT2D eigenvalue weighted by Crippen LogP contribution is -2.57. The Labute approximate surface area is 228 Å². The molecule has 0 saturated carbocycles. The van der Waals surface area contributed by atoms with Gasteiger partial charge in [0.15, 0.2) is 0 Å². The van der Waals surface area contributed by atoms with Crippen LogP contribution >= 0.6 is 11.6 Å². The number of carbonyl (C=O) groups excluding carboxylic acids is 3. The highest BCUT2D eigenvalue weighted by molar-refractivity contribution is 6.30. The summed E-state index contributed by atoms with van der Waals surface area (Å²) in [6, 6.07) is 26.7. The maximum atomic E-state index is 13.9. The Morgan fingerprint density at radius 1 is 0.868 bits per heavy atom. The molecule has 3 aromatic rings. The first-order chi connectivity index (χ1) is 18.5. The van der Waals surface area contributed by atoms with Gasteiger partial charge in [-0.1, -0.05) is 60.1 Å². The topological polar surface area (TPSA) is 73.0 Å². The molecule has 0 aliphatic carbocycles. The maximum absolute atomic E-state index is 13.9. The number of hydrogen-bond donors (Lipinski definition) is 1. The van der Waals surface area contributed by atoms with E-state index in [2.05, 4.69) is 10.2 Å². The van der Waals surface area contributed by atoms with Gasteiger partial charge in [-0.25, -0.2) is 0 Å². The number of halogens is 1. The van der Waals surface area contributed by atoms with Crippen molar-refractivity contribution in [1.82, 2.24) is 15.1 Å². The van der Waals surface area contributed by atoms with Gasteiger partial charge in [-0.15, -0.1) is 0 Å². The minimum atomic E-state index is -0.789. The molecular formula is C30H31ClN4O3. The minimum Gasteiger partial charge on any atom is -0.354 e. The molecule has 2 aliphatic heterocycles. The van der Waals surface area contributed by atoms with Gasteiger partial charge in [0, 0.05) is 35.9 Å². The summed E-state index contributed by atoms with van der Waals surface area (Å²) >= 11 is 5.98. The van der Waals surface area contributed by atoms with Crippen molar-refractivity contribution in [3.05, 3.63) is 101 Å². The Balaban J connectivity index is 1.27. The van der Waals surface area contributed by atoms with Gasteiger partial charge in [0.05, 0.1) is 6.67 Å². The summed E-state index contributed by atoms with van der Waals surface area (Å²) in [6.07, 6.45) is 1.72. The van der Waals surface area contributed by atoms with E-state index in [0.717, 1.165) is 17.7 Å². The summed E-state index contributed by atoms with van der Waals surface area (Å²) in [5, 5.41) is 3.54. The predicted octanol–water partition coefficient (Wildman–Crippen LogP) is 3.98. The van der Waals surface area contributed by atoms with Crippen LogP contribution in [0.5, 0.6) is 0 Å². The van der Waals surface area contributed by atoms with Gasteiger partial charge >= 0.3 is 0 Å². The fourth-order valence-corrected chi connectivity index (χ4v) is 5.52. The van der Waals surface area contributed by atoms with E-state index in [1.807, 2.05) is 60.7 Å². The number of anilines is 1. The van der Waals surface area contributed by atoms with Gasteiger partial charge < -0.3 is 20.0 Å². The van der Waals surface area contributed by atoms with E-state index in [-0.39, 0.29) is 24.3 Å². The van der Waals surface area contributed by atoms with Gasteiger partial charge in [-0.05, 0) is 61.2 Å². The quantitative estimate of drug-likeness (QED) is 0.501. The fraction of sp³-hybridized carbons (Fsp3) is 0.300. The fourth-order valence-electron chi connectivity index (χ4n) is 5.40. The zero-order valence-corrected chi connectivity index (χ0v) is 21.9. The lowest BCUT2D eigenvalue weighted by molar-refractivity contribution is -0.137. The molecule has 2 fully saturated rings. The summed E-state index contributed by atoms with van der Waals surface area (Å²) in [6.45, 7) is 1.76. The molecule has 7 nitrogen and oxygen atoms in total. The van der Waals surface area contributed by atoms with Gasteiger partial charge in [-0.3, -0.25) is 14.4 Å². The number of piperidine rings is 1. The van der Waals surface area contributed by atoms with Crippen LogP contribution in [0.3, 0.4) is 0 Å². The smallest absolute Gasteiger partial charge is 0.253 e.